The molecule has 168 valence electrons. The Hall–Kier alpha value is -1.83. The number of nitrogens with zero attached hydrogens (tertiary/aromatic N) is 3. The lowest BCUT2D eigenvalue weighted by Gasteiger charge is -2.19. The number of carbonyl (C=O) groups is 1. The lowest BCUT2D eigenvalue weighted by molar-refractivity contribution is -0.113. The van der Waals surface area contributed by atoms with Crippen LogP contribution in [0.5, 0.6) is 0 Å². The molecule has 2 aromatic rings. The molecule has 0 aliphatic heterocycles. The molecule has 3 rings (SSSR count). The third kappa shape index (κ3) is 5.90. The molecule has 31 heavy (non-hydrogen) atoms. The van der Waals surface area contributed by atoms with Gasteiger partial charge in [-0.2, -0.15) is 4.98 Å². The molecular formula is C23H31ClN4O2S. The number of benzene rings is 1. The van der Waals surface area contributed by atoms with E-state index in [4.69, 9.17) is 11.6 Å². The van der Waals surface area contributed by atoms with Crippen LogP contribution in [0.1, 0.15) is 43.5 Å². The maximum Gasteiger partial charge on any atom is 0.348 e. The number of hydrogen-bond acceptors (Lipinski definition) is 5. The van der Waals surface area contributed by atoms with Crippen molar-refractivity contribution >= 4 is 35.0 Å². The van der Waals surface area contributed by atoms with Gasteiger partial charge in [0, 0.05) is 28.5 Å². The molecule has 0 saturated carbocycles. The van der Waals surface area contributed by atoms with Gasteiger partial charge in [-0.05, 0) is 69.9 Å². The molecule has 1 heterocycles. The second-order valence-corrected chi connectivity index (χ2v) is 9.13. The van der Waals surface area contributed by atoms with Crippen LogP contribution in [-0.2, 0) is 24.2 Å². The Morgan fingerprint density at radius 1 is 1.29 bits per heavy atom. The third-order valence-electron chi connectivity index (χ3n) is 5.83. The van der Waals surface area contributed by atoms with Crippen LogP contribution in [0.3, 0.4) is 0 Å². The van der Waals surface area contributed by atoms with Crippen LogP contribution in [0.2, 0.25) is 5.02 Å². The van der Waals surface area contributed by atoms with E-state index in [0.717, 1.165) is 62.1 Å². The maximum atomic E-state index is 12.7. The van der Waals surface area contributed by atoms with Gasteiger partial charge in [0.05, 0.1) is 5.75 Å². The number of rotatable bonds is 10. The average molecular weight is 463 g/mol. The topological polar surface area (TPSA) is 67.2 Å². The number of thioether (sulfide) groups is 1. The fourth-order valence-electron chi connectivity index (χ4n) is 3.99. The molecule has 1 aromatic carbocycles. The second kappa shape index (κ2) is 11.2. The molecule has 1 aliphatic carbocycles. The number of anilines is 1. The van der Waals surface area contributed by atoms with Crippen LogP contribution in [-0.4, -0.2) is 45.7 Å². The van der Waals surface area contributed by atoms with Gasteiger partial charge in [-0.1, -0.05) is 43.3 Å². The van der Waals surface area contributed by atoms with Crippen LogP contribution in [0.15, 0.2) is 28.0 Å². The fourth-order valence-corrected chi connectivity index (χ4v) is 5.04. The summed E-state index contributed by atoms with van der Waals surface area (Å²) in [5.74, 6) is 0.0730. The highest BCUT2D eigenvalue weighted by Gasteiger charge is 2.22. The minimum atomic E-state index is -0.200. The summed E-state index contributed by atoms with van der Waals surface area (Å²) in [4.78, 5) is 31.9. The van der Waals surface area contributed by atoms with Gasteiger partial charge in [0.25, 0.3) is 0 Å². The molecule has 6 nitrogen and oxygen atoms in total. The SMILES string of the molecule is CCN(CC)CCCn1c2c(c(SCC(=O)Nc3cccc(Cl)c3C)nc1=O)CCC2. The minimum absolute atomic E-state index is 0.132. The first-order chi connectivity index (χ1) is 14.9. The number of carbonyl (C=O) groups excluding carboxylic acids is 1. The van der Waals surface area contributed by atoms with Gasteiger partial charge < -0.3 is 10.2 Å². The molecule has 8 heteroatoms. The Labute approximate surface area is 193 Å². The Balaban J connectivity index is 1.66. The Bertz CT molecular complexity index is 988. The summed E-state index contributed by atoms with van der Waals surface area (Å²) in [6.45, 7) is 9.91. The Morgan fingerprint density at radius 3 is 2.81 bits per heavy atom. The summed E-state index contributed by atoms with van der Waals surface area (Å²) in [5.41, 5.74) is 3.59. The van der Waals surface area contributed by atoms with E-state index in [1.54, 1.807) is 6.07 Å². The van der Waals surface area contributed by atoms with Crippen LogP contribution in [0.4, 0.5) is 5.69 Å². The van der Waals surface area contributed by atoms with Crippen molar-refractivity contribution in [3.8, 4) is 0 Å². The molecule has 0 bridgehead atoms. The first-order valence-electron chi connectivity index (χ1n) is 11.0. The number of aromatic nitrogens is 2. The average Bonchev–Trinajstić information content (AvgIpc) is 3.24. The molecule has 0 saturated heterocycles. The highest BCUT2D eigenvalue weighted by atomic mass is 35.5. The highest BCUT2D eigenvalue weighted by molar-refractivity contribution is 8.00. The van der Waals surface area contributed by atoms with E-state index in [1.807, 2.05) is 23.6 Å². The van der Waals surface area contributed by atoms with Crippen LogP contribution < -0.4 is 11.0 Å². The summed E-state index contributed by atoms with van der Waals surface area (Å²) >= 11 is 7.47. The van der Waals surface area contributed by atoms with Crippen molar-refractivity contribution in [1.29, 1.82) is 0 Å². The van der Waals surface area contributed by atoms with E-state index < -0.39 is 0 Å². The lowest BCUT2D eigenvalue weighted by Crippen LogP contribution is -2.30. The van der Waals surface area contributed by atoms with Gasteiger partial charge in [-0.15, -0.1) is 0 Å². The van der Waals surface area contributed by atoms with Crippen LogP contribution in [0.25, 0.3) is 0 Å². The summed E-state index contributed by atoms with van der Waals surface area (Å²) in [6, 6.07) is 5.44. The van der Waals surface area contributed by atoms with E-state index in [2.05, 4.69) is 29.0 Å². The standard InChI is InChI=1S/C23H31ClN4O2S/c1-4-27(5-2)13-8-14-28-20-12-6-9-17(20)22(26-23(28)30)31-15-21(29)25-19-11-7-10-18(24)16(19)3/h7,10-11H,4-6,8-9,12-15H2,1-3H3,(H,25,29). The largest absolute Gasteiger partial charge is 0.348 e. The van der Waals surface area contributed by atoms with Gasteiger partial charge in [0.15, 0.2) is 0 Å². The molecule has 0 spiro atoms. The van der Waals surface area contributed by atoms with Crippen molar-refractivity contribution in [1.82, 2.24) is 14.5 Å². The number of hydrogen-bond donors (Lipinski definition) is 1. The van der Waals surface area contributed by atoms with Crippen molar-refractivity contribution in [3.05, 3.63) is 50.5 Å². The Morgan fingerprint density at radius 2 is 2.06 bits per heavy atom. The number of amides is 1. The lowest BCUT2D eigenvalue weighted by atomic mass is 10.2. The normalized spacial score (nSPS) is 12.9. The van der Waals surface area contributed by atoms with Crippen LogP contribution in [0, 0.1) is 6.92 Å². The number of halogens is 1. The number of nitrogens with one attached hydrogen (secondary N) is 1. The highest BCUT2D eigenvalue weighted by Crippen LogP contribution is 2.30. The zero-order chi connectivity index (χ0) is 22.4. The van der Waals surface area contributed by atoms with Crippen molar-refractivity contribution in [2.45, 2.75) is 58.0 Å². The summed E-state index contributed by atoms with van der Waals surface area (Å²) in [6.07, 6.45) is 3.78. The second-order valence-electron chi connectivity index (χ2n) is 7.76. The summed E-state index contributed by atoms with van der Waals surface area (Å²) in [5, 5.41) is 4.23. The van der Waals surface area contributed by atoms with Gasteiger partial charge in [-0.25, -0.2) is 4.79 Å². The quantitative estimate of drug-likeness (QED) is 0.424. The molecule has 1 aromatic heterocycles. The van der Waals surface area contributed by atoms with Gasteiger partial charge in [0.2, 0.25) is 5.91 Å². The van der Waals surface area contributed by atoms with Crippen LogP contribution >= 0.6 is 23.4 Å². The monoisotopic (exact) mass is 462 g/mol. The van der Waals surface area contributed by atoms with E-state index in [-0.39, 0.29) is 17.3 Å². The van der Waals surface area contributed by atoms with Gasteiger partial charge >= 0.3 is 5.69 Å². The summed E-state index contributed by atoms with van der Waals surface area (Å²) < 4.78 is 1.85. The minimum Gasteiger partial charge on any atom is -0.325 e. The molecule has 0 radical (unpaired) electrons. The first kappa shape index (κ1) is 23.8. The molecule has 1 N–H and O–H groups in total. The Kier molecular flexibility index (Phi) is 8.58. The van der Waals surface area contributed by atoms with Gasteiger partial charge in [-0.3, -0.25) is 9.36 Å². The van der Waals surface area contributed by atoms with E-state index >= 15 is 0 Å². The van der Waals surface area contributed by atoms with E-state index in [0.29, 0.717) is 22.3 Å². The summed E-state index contributed by atoms with van der Waals surface area (Å²) in [7, 11) is 0. The van der Waals surface area contributed by atoms with Crippen molar-refractivity contribution in [2.24, 2.45) is 0 Å². The third-order valence-corrected chi connectivity index (χ3v) is 7.26. The molecule has 0 unspecified atom stereocenters. The zero-order valence-corrected chi connectivity index (χ0v) is 20.1. The molecular weight excluding hydrogens is 432 g/mol. The molecule has 1 amide bonds. The first-order valence-corrected chi connectivity index (χ1v) is 12.3. The van der Waals surface area contributed by atoms with Crippen molar-refractivity contribution in [2.75, 3.05) is 30.7 Å². The van der Waals surface area contributed by atoms with Crippen molar-refractivity contribution in [3.63, 3.8) is 0 Å². The molecule has 1 aliphatic rings. The predicted molar refractivity (Wildman–Crippen MR) is 128 cm³/mol. The molecule has 0 fully saturated rings. The molecule has 0 atom stereocenters. The van der Waals surface area contributed by atoms with Gasteiger partial charge in [0.1, 0.15) is 5.03 Å². The van der Waals surface area contributed by atoms with Crippen molar-refractivity contribution < 1.29 is 4.79 Å². The van der Waals surface area contributed by atoms with E-state index in [9.17, 15) is 9.59 Å². The maximum absolute atomic E-state index is 12.7. The predicted octanol–water partition coefficient (Wildman–Crippen LogP) is 4.16. The van der Waals surface area contributed by atoms with E-state index in [1.165, 1.54) is 11.8 Å². The zero-order valence-electron chi connectivity index (χ0n) is 18.5. The fraction of sp³-hybridized carbons (Fsp3) is 0.522. The number of fused-ring (bicyclic) bond motifs is 1. The smallest absolute Gasteiger partial charge is 0.325 e.